The number of nitrogens with zero attached hydrogens (tertiary/aromatic N) is 1. The van der Waals surface area contributed by atoms with E-state index in [9.17, 15) is 9.59 Å². The molecular formula is C26H30Br2N2O5Si. The van der Waals surface area contributed by atoms with Gasteiger partial charge >= 0.3 is 11.9 Å². The van der Waals surface area contributed by atoms with Crippen LogP contribution in [0.15, 0.2) is 57.7 Å². The van der Waals surface area contributed by atoms with Crippen LogP contribution in [0.2, 0.25) is 25.7 Å². The molecule has 0 saturated carbocycles. The molecule has 0 aliphatic heterocycles. The SMILES string of the molecule is COC(=O)c1ccc(Br)c2cc[nH]c12.COC(=O)c1ccc(Br)c2ccn(COCC[Si](C)(C)C)c12. The van der Waals surface area contributed by atoms with Gasteiger partial charge in [-0.1, -0.05) is 51.5 Å². The highest BCUT2D eigenvalue weighted by molar-refractivity contribution is 9.11. The van der Waals surface area contributed by atoms with E-state index in [1.165, 1.54) is 14.2 Å². The van der Waals surface area contributed by atoms with Gasteiger partial charge in [0.25, 0.3) is 0 Å². The lowest BCUT2D eigenvalue weighted by Gasteiger charge is -2.16. The Bertz CT molecular complexity index is 1370. The van der Waals surface area contributed by atoms with Crippen LogP contribution in [0.3, 0.4) is 0 Å². The minimum absolute atomic E-state index is 0.329. The number of esters is 2. The van der Waals surface area contributed by atoms with Crippen LogP contribution in [0.4, 0.5) is 0 Å². The first kappa shape index (κ1) is 28.2. The summed E-state index contributed by atoms with van der Waals surface area (Å²) in [7, 11) is 1.68. The van der Waals surface area contributed by atoms with E-state index in [1.807, 2.05) is 35.0 Å². The number of rotatable bonds is 7. The molecule has 0 atom stereocenters. The number of aromatic nitrogens is 2. The Kier molecular flexibility index (Phi) is 9.57. The summed E-state index contributed by atoms with van der Waals surface area (Å²) in [4.78, 5) is 26.4. The highest BCUT2D eigenvalue weighted by Crippen LogP contribution is 2.29. The molecule has 0 bridgehead atoms. The first-order valence-corrected chi connectivity index (χ1v) is 16.6. The van der Waals surface area contributed by atoms with Crippen molar-refractivity contribution in [1.82, 2.24) is 9.55 Å². The quantitative estimate of drug-likeness (QED) is 0.131. The third-order valence-corrected chi connectivity index (χ3v) is 8.67. The van der Waals surface area contributed by atoms with E-state index in [-0.39, 0.29) is 11.9 Å². The smallest absolute Gasteiger partial charge is 0.340 e. The van der Waals surface area contributed by atoms with E-state index < -0.39 is 8.07 Å². The standard InChI is InChI=1S/C16H22BrNO3Si.C10H8BrNO2/c1-20-16(19)13-5-6-14(17)12-7-8-18(15(12)13)11-21-9-10-22(2,3)4;1-14-10(13)7-2-3-8(11)6-4-5-12-9(6)7/h5-8H,9-11H2,1-4H3;2-5,12H,1H3. The van der Waals surface area contributed by atoms with Crippen LogP contribution in [-0.2, 0) is 20.9 Å². The molecule has 2 aromatic heterocycles. The van der Waals surface area contributed by atoms with Crippen LogP contribution >= 0.6 is 31.9 Å². The number of hydrogen-bond acceptors (Lipinski definition) is 5. The Hall–Kier alpha value is -2.40. The van der Waals surface area contributed by atoms with Gasteiger partial charge < -0.3 is 23.8 Å². The number of methoxy groups -OCH3 is 2. The van der Waals surface area contributed by atoms with Crippen LogP contribution in [0.25, 0.3) is 21.8 Å². The topological polar surface area (TPSA) is 82.6 Å². The van der Waals surface area contributed by atoms with Gasteiger partial charge in [-0.25, -0.2) is 9.59 Å². The van der Waals surface area contributed by atoms with Gasteiger partial charge in [0.05, 0.1) is 36.4 Å². The summed E-state index contributed by atoms with van der Waals surface area (Å²) in [6, 6.07) is 12.2. The van der Waals surface area contributed by atoms with Gasteiger partial charge in [-0.15, -0.1) is 0 Å². The molecule has 36 heavy (non-hydrogen) atoms. The molecular weight excluding hydrogens is 608 g/mol. The number of carbonyl (C=O) groups excluding carboxylic acids is 2. The van der Waals surface area contributed by atoms with Gasteiger partial charge in [0.15, 0.2) is 0 Å². The van der Waals surface area contributed by atoms with Crippen LogP contribution < -0.4 is 0 Å². The van der Waals surface area contributed by atoms with Crippen molar-refractivity contribution in [1.29, 1.82) is 0 Å². The second-order valence-corrected chi connectivity index (χ2v) is 16.7. The summed E-state index contributed by atoms with van der Waals surface area (Å²) < 4.78 is 19.2. The maximum Gasteiger partial charge on any atom is 0.340 e. The molecule has 0 radical (unpaired) electrons. The van der Waals surface area contributed by atoms with Crippen molar-refractivity contribution in [2.24, 2.45) is 0 Å². The molecule has 4 aromatic rings. The van der Waals surface area contributed by atoms with E-state index in [2.05, 4.69) is 61.2 Å². The van der Waals surface area contributed by atoms with Gasteiger partial charge in [0.2, 0.25) is 0 Å². The van der Waals surface area contributed by atoms with E-state index in [0.717, 1.165) is 43.4 Å². The molecule has 0 aliphatic rings. The highest BCUT2D eigenvalue weighted by atomic mass is 79.9. The van der Waals surface area contributed by atoms with Crippen molar-refractivity contribution >= 4 is 73.7 Å². The summed E-state index contributed by atoms with van der Waals surface area (Å²) in [5.41, 5.74) is 2.75. The van der Waals surface area contributed by atoms with Gasteiger partial charge in [0.1, 0.15) is 6.73 Å². The normalized spacial score (nSPS) is 11.3. The summed E-state index contributed by atoms with van der Waals surface area (Å²) in [5, 5.41) is 1.96. The monoisotopic (exact) mass is 636 g/mol. The maximum atomic E-state index is 12.0. The van der Waals surface area contributed by atoms with Crippen LogP contribution in [0, 0.1) is 0 Å². The zero-order valence-corrected chi connectivity index (χ0v) is 25.2. The molecule has 0 unspecified atom stereocenters. The van der Waals surface area contributed by atoms with E-state index in [0.29, 0.717) is 17.9 Å². The van der Waals surface area contributed by atoms with Crippen molar-refractivity contribution in [3.8, 4) is 0 Å². The van der Waals surface area contributed by atoms with Crippen molar-refractivity contribution in [2.75, 3.05) is 20.8 Å². The average molecular weight is 638 g/mol. The molecule has 0 amide bonds. The van der Waals surface area contributed by atoms with Gasteiger partial charge in [0, 0.05) is 46.8 Å². The van der Waals surface area contributed by atoms with Gasteiger partial charge in [-0.2, -0.15) is 0 Å². The summed E-state index contributed by atoms with van der Waals surface area (Å²) >= 11 is 6.93. The number of aromatic amines is 1. The first-order chi connectivity index (χ1) is 17.1. The fourth-order valence-corrected chi connectivity index (χ4v) is 5.29. The Morgan fingerprint density at radius 2 is 1.50 bits per heavy atom. The minimum atomic E-state index is -1.09. The number of carbonyl (C=O) groups is 2. The van der Waals surface area contributed by atoms with E-state index in [4.69, 9.17) is 9.47 Å². The molecule has 0 spiro atoms. The number of ether oxygens (including phenoxy) is 3. The van der Waals surface area contributed by atoms with Crippen LogP contribution in [-0.4, -0.2) is 50.4 Å². The fraction of sp³-hybridized carbons (Fsp3) is 0.308. The molecule has 0 aliphatic carbocycles. The Labute approximate surface area is 228 Å². The number of H-pyrrole nitrogens is 1. The lowest BCUT2D eigenvalue weighted by atomic mass is 10.1. The number of benzene rings is 2. The molecule has 2 heterocycles. The number of halogens is 2. The van der Waals surface area contributed by atoms with Crippen molar-refractivity contribution in [2.45, 2.75) is 32.4 Å². The maximum absolute atomic E-state index is 12.0. The Morgan fingerprint density at radius 3 is 2.14 bits per heavy atom. The third kappa shape index (κ3) is 6.67. The average Bonchev–Trinajstić information content (AvgIpc) is 3.50. The van der Waals surface area contributed by atoms with E-state index in [1.54, 1.807) is 18.3 Å². The Balaban J connectivity index is 0.000000221. The molecule has 0 saturated heterocycles. The van der Waals surface area contributed by atoms with Crippen molar-refractivity contribution < 1.29 is 23.8 Å². The second kappa shape index (κ2) is 12.2. The molecule has 1 N–H and O–H groups in total. The zero-order valence-electron chi connectivity index (χ0n) is 21.0. The van der Waals surface area contributed by atoms with Crippen molar-refractivity contribution in [3.63, 3.8) is 0 Å². The highest BCUT2D eigenvalue weighted by Gasteiger charge is 2.17. The molecule has 0 fully saturated rings. The lowest BCUT2D eigenvalue weighted by molar-refractivity contribution is 0.0592. The Morgan fingerprint density at radius 1 is 0.889 bits per heavy atom. The van der Waals surface area contributed by atoms with E-state index >= 15 is 0 Å². The first-order valence-electron chi connectivity index (χ1n) is 11.3. The predicted octanol–water partition coefficient (Wildman–Crippen LogP) is 7.22. The third-order valence-electron chi connectivity index (χ3n) is 5.58. The van der Waals surface area contributed by atoms with Crippen LogP contribution in [0.1, 0.15) is 20.7 Å². The van der Waals surface area contributed by atoms with Crippen LogP contribution in [0.5, 0.6) is 0 Å². The van der Waals surface area contributed by atoms with Gasteiger partial charge in [-0.3, -0.25) is 0 Å². The number of hydrogen-bond donors (Lipinski definition) is 1. The molecule has 7 nitrogen and oxygen atoms in total. The molecule has 10 heteroatoms. The molecule has 192 valence electrons. The van der Waals surface area contributed by atoms with Gasteiger partial charge in [-0.05, 0) is 42.4 Å². The summed E-state index contributed by atoms with van der Waals surface area (Å²) in [6.45, 7) is 8.17. The molecule has 4 rings (SSSR count). The number of nitrogens with one attached hydrogen (secondary N) is 1. The lowest BCUT2D eigenvalue weighted by Crippen LogP contribution is -2.22. The second-order valence-electron chi connectivity index (χ2n) is 9.34. The fourth-order valence-electron chi connectivity index (χ4n) is 3.61. The largest absolute Gasteiger partial charge is 0.465 e. The summed E-state index contributed by atoms with van der Waals surface area (Å²) in [5.74, 6) is -0.663. The zero-order chi connectivity index (χ0) is 26.5. The number of fused-ring (bicyclic) bond motifs is 2. The summed E-state index contributed by atoms with van der Waals surface area (Å²) in [6.07, 6.45) is 3.73. The minimum Gasteiger partial charge on any atom is -0.465 e. The predicted molar refractivity (Wildman–Crippen MR) is 152 cm³/mol. The van der Waals surface area contributed by atoms with Crippen molar-refractivity contribution in [3.05, 3.63) is 68.9 Å². The molecule has 2 aromatic carbocycles.